The highest BCUT2D eigenvalue weighted by atomic mass is 32.2. The van der Waals surface area contributed by atoms with Crippen molar-refractivity contribution in [2.75, 3.05) is 18.4 Å². The number of carbonyl (C=O) groups is 1. The van der Waals surface area contributed by atoms with E-state index in [1.807, 2.05) is 24.3 Å². The van der Waals surface area contributed by atoms with Crippen molar-refractivity contribution in [3.8, 4) is 0 Å². The minimum atomic E-state index is -3.57. The molecule has 0 aliphatic carbocycles. The van der Waals surface area contributed by atoms with Gasteiger partial charge in [-0.2, -0.15) is 9.40 Å². The van der Waals surface area contributed by atoms with Gasteiger partial charge in [0.25, 0.3) is 5.91 Å². The molecule has 0 spiro atoms. The molecule has 1 N–H and O–H groups in total. The number of piperidine rings is 1. The molecule has 9 heteroatoms. The van der Waals surface area contributed by atoms with E-state index in [2.05, 4.69) is 29.2 Å². The van der Waals surface area contributed by atoms with E-state index in [0.29, 0.717) is 42.7 Å². The van der Waals surface area contributed by atoms with Gasteiger partial charge in [-0.25, -0.2) is 18.1 Å². The lowest BCUT2D eigenvalue weighted by Gasteiger charge is -2.34. The van der Waals surface area contributed by atoms with E-state index in [4.69, 9.17) is 0 Å². The van der Waals surface area contributed by atoms with Crippen LogP contribution in [0.3, 0.4) is 0 Å². The van der Waals surface area contributed by atoms with Gasteiger partial charge >= 0.3 is 0 Å². The summed E-state index contributed by atoms with van der Waals surface area (Å²) in [6.07, 6.45) is 4.16. The van der Waals surface area contributed by atoms with E-state index < -0.39 is 10.0 Å². The van der Waals surface area contributed by atoms with Crippen LogP contribution in [-0.2, 0) is 16.6 Å². The first kappa shape index (κ1) is 22.2. The first-order valence-electron chi connectivity index (χ1n) is 10.6. The Kier molecular flexibility index (Phi) is 6.38. The van der Waals surface area contributed by atoms with Gasteiger partial charge in [-0.1, -0.05) is 26.0 Å². The van der Waals surface area contributed by atoms with E-state index in [1.165, 1.54) is 18.5 Å². The van der Waals surface area contributed by atoms with E-state index >= 15 is 0 Å². The topological polar surface area (TPSA) is 97.2 Å². The molecule has 0 bridgehead atoms. The molecule has 8 nitrogen and oxygen atoms in total. The molecule has 4 rings (SSSR count). The monoisotopic (exact) mass is 453 g/mol. The molecule has 2 atom stereocenters. The Bertz CT molecular complexity index is 1150. The van der Waals surface area contributed by atoms with Crippen LogP contribution in [0.25, 0.3) is 0 Å². The van der Waals surface area contributed by atoms with Crippen LogP contribution in [0.4, 0.5) is 5.69 Å². The Morgan fingerprint density at radius 3 is 2.28 bits per heavy atom. The van der Waals surface area contributed by atoms with Crippen molar-refractivity contribution in [3.63, 3.8) is 0 Å². The number of aromatic nitrogens is 3. The number of amides is 1. The highest BCUT2D eigenvalue weighted by molar-refractivity contribution is 7.89. The van der Waals surface area contributed by atoms with Gasteiger partial charge in [0.1, 0.15) is 12.7 Å². The van der Waals surface area contributed by atoms with Gasteiger partial charge in [-0.15, -0.1) is 0 Å². The maximum atomic E-state index is 13.0. The van der Waals surface area contributed by atoms with E-state index in [9.17, 15) is 13.2 Å². The quantitative estimate of drug-likeness (QED) is 0.618. The van der Waals surface area contributed by atoms with Crippen molar-refractivity contribution in [1.82, 2.24) is 19.1 Å². The van der Waals surface area contributed by atoms with E-state index in [1.54, 1.807) is 27.4 Å². The normalized spacial score (nSPS) is 19.6. The van der Waals surface area contributed by atoms with Gasteiger partial charge in [0.15, 0.2) is 0 Å². The summed E-state index contributed by atoms with van der Waals surface area (Å²) < 4.78 is 29.3. The third-order valence-electron chi connectivity index (χ3n) is 5.61. The van der Waals surface area contributed by atoms with Gasteiger partial charge in [0.05, 0.1) is 11.4 Å². The second-order valence-electron chi connectivity index (χ2n) is 8.54. The summed E-state index contributed by atoms with van der Waals surface area (Å²) in [6, 6.07) is 13.6. The van der Waals surface area contributed by atoms with Gasteiger partial charge in [-0.3, -0.25) is 4.79 Å². The number of hydrogen-bond donors (Lipinski definition) is 1. The number of hydrogen-bond acceptors (Lipinski definition) is 5. The molecule has 32 heavy (non-hydrogen) atoms. The number of nitrogens with one attached hydrogen (secondary N) is 1. The zero-order valence-electron chi connectivity index (χ0n) is 18.2. The average molecular weight is 454 g/mol. The molecule has 2 aromatic carbocycles. The van der Waals surface area contributed by atoms with Crippen LogP contribution < -0.4 is 5.32 Å². The molecule has 0 radical (unpaired) electrons. The van der Waals surface area contributed by atoms with Crippen LogP contribution in [-0.4, -0.2) is 46.5 Å². The molecule has 1 saturated heterocycles. The van der Waals surface area contributed by atoms with Gasteiger partial charge in [0.2, 0.25) is 10.0 Å². The number of nitrogens with zero attached hydrogens (tertiary/aromatic N) is 4. The van der Waals surface area contributed by atoms with Crippen LogP contribution in [0.1, 0.15) is 36.2 Å². The number of benzene rings is 2. The molecule has 3 aromatic rings. The Balaban J connectivity index is 1.40. The van der Waals surface area contributed by atoms with Crippen molar-refractivity contribution in [1.29, 1.82) is 0 Å². The molecule has 2 heterocycles. The van der Waals surface area contributed by atoms with Crippen molar-refractivity contribution in [2.24, 2.45) is 11.8 Å². The van der Waals surface area contributed by atoms with Crippen molar-refractivity contribution < 1.29 is 13.2 Å². The summed E-state index contributed by atoms with van der Waals surface area (Å²) >= 11 is 0. The Morgan fingerprint density at radius 1 is 1.03 bits per heavy atom. The minimum Gasteiger partial charge on any atom is -0.322 e. The molecule has 1 aliphatic heterocycles. The molecule has 1 fully saturated rings. The first-order chi connectivity index (χ1) is 15.3. The second-order valence-corrected chi connectivity index (χ2v) is 10.5. The maximum Gasteiger partial charge on any atom is 0.255 e. The Hall–Kier alpha value is -3.04. The van der Waals surface area contributed by atoms with Gasteiger partial charge in [0, 0.05) is 24.3 Å². The summed E-state index contributed by atoms with van der Waals surface area (Å²) in [5.74, 6) is 0.376. The first-order valence-corrected chi connectivity index (χ1v) is 12.1. The molecule has 168 valence electrons. The highest BCUT2D eigenvalue weighted by Crippen LogP contribution is 2.27. The third-order valence-corrected chi connectivity index (χ3v) is 7.46. The smallest absolute Gasteiger partial charge is 0.255 e. The van der Waals surface area contributed by atoms with Gasteiger partial charge < -0.3 is 5.32 Å². The largest absolute Gasteiger partial charge is 0.322 e. The molecule has 1 aliphatic rings. The second kappa shape index (κ2) is 9.22. The summed E-state index contributed by atoms with van der Waals surface area (Å²) in [5.41, 5.74) is 2.09. The number of anilines is 1. The molecular formula is C23H27N5O3S. The number of sulfonamides is 1. The van der Waals surface area contributed by atoms with Crippen LogP contribution in [0.5, 0.6) is 0 Å². The number of rotatable bonds is 6. The third kappa shape index (κ3) is 5.05. The zero-order chi connectivity index (χ0) is 22.7. The fourth-order valence-corrected chi connectivity index (χ4v) is 5.81. The van der Waals surface area contributed by atoms with Crippen molar-refractivity contribution in [2.45, 2.75) is 31.7 Å². The molecule has 0 saturated carbocycles. The van der Waals surface area contributed by atoms with Crippen LogP contribution >= 0.6 is 0 Å². The molecule has 2 unspecified atom stereocenters. The summed E-state index contributed by atoms with van der Waals surface area (Å²) in [7, 11) is -3.57. The lowest BCUT2D eigenvalue weighted by atomic mass is 9.94. The zero-order valence-corrected chi connectivity index (χ0v) is 19.0. The van der Waals surface area contributed by atoms with E-state index in [0.717, 1.165) is 12.0 Å². The van der Waals surface area contributed by atoms with Gasteiger partial charge in [-0.05, 0) is 60.2 Å². The van der Waals surface area contributed by atoms with Crippen molar-refractivity contribution in [3.05, 3.63) is 72.3 Å². The lowest BCUT2D eigenvalue weighted by molar-refractivity contribution is 0.102. The molecule has 1 aromatic heterocycles. The summed E-state index contributed by atoms with van der Waals surface area (Å²) in [5, 5.41) is 6.92. The average Bonchev–Trinajstić information content (AvgIpc) is 3.27. The summed E-state index contributed by atoms with van der Waals surface area (Å²) in [6.45, 7) is 5.81. The van der Waals surface area contributed by atoms with Crippen molar-refractivity contribution >= 4 is 21.6 Å². The lowest BCUT2D eigenvalue weighted by Crippen LogP contribution is -2.42. The van der Waals surface area contributed by atoms with Crippen LogP contribution in [0, 0.1) is 11.8 Å². The predicted molar refractivity (Wildman–Crippen MR) is 122 cm³/mol. The standard InChI is InChI=1S/C23H27N5O3S/c1-17-11-18(2)13-28(12-17)32(30,31)22-9-5-20(6-10-22)23(29)26-21-7-3-19(4-8-21)14-27-16-24-15-25-27/h3-10,15-18H,11-14H2,1-2H3,(H,26,29). The Labute approximate surface area is 188 Å². The molecular weight excluding hydrogens is 426 g/mol. The summed E-state index contributed by atoms with van der Waals surface area (Å²) in [4.78, 5) is 16.7. The minimum absolute atomic E-state index is 0.216. The fourth-order valence-electron chi connectivity index (χ4n) is 4.13. The molecule has 1 amide bonds. The maximum absolute atomic E-state index is 13.0. The Morgan fingerprint density at radius 2 is 1.69 bits per heavy atom. The van der Waals surface area contributed by atoms with E-state index in [-0.39, 0.29) is 10.8 Å². The fraction of sp³-hybridized carbons (Fsp3) is 0.348. The SMILES string of the molecule is CC1CC(C)CN(S(=O)(=O)c2ccc(C(=O)Nc3ccc(Cn4cncn4)cc3)cc2)C1. The van der Waals surface area contributed by atoms with Crippen LogP contribution in [0.15, 0.2) is 66.1 Å². The predicted octanol–water partition coefficient (Wildman–Crippen LogP) is 3.25. The highest BCUT2D eigenvalue weighted by Gasteiger charge is 2.31. The number of carbonyl (C=O) groups excluding carboxylic acids is 1. The van der Waals surface area contributed by atoms with Crippen LogP contribution in [0.2, 0.25) is 0 Å².